The van der Waals surface area contributed by atoms with Crippen LogP contribution in [0.15, 0.2) is 0 Å². The van der Waals surface area contributed by atoms with Crippen molar-refractivity contribution in [3.05, 3.63) is 15.3 Å². The summed E-state index contributed by atoms with van der Waals surface area (Å²) in [6.07, 6.45) is 6.03. The monoisotopic (exact) mass is 234 g/mol. The molecule has 0 atom stereocenters. The average molecular weight is 234 g/mol. The summed E-state index contributed by atoms with van der Waals surface area (Å²) in [4.78, 5) is 2.08. The first-order valence-electron chi connectivity index (χ1n) is 5.94. The summed E-state index contributed by atoms with van der Waals surface area (Å²) in [7, 11) is 0. The lowest BCUT2D eigenvalue weighted by Crippen LogP contribution is -2.16. The average Bonchev–Trinajstić information content (AvgIpc) is 2.83. The maximum Gasteiger partial charge on any atom is 0.128 e. The molecule has 0 saturated heterocycles. The lowest BCUT2D eigenvalue weighted by Gasteiger charge is -2.23. The molecule has 1 aromatic rings. The molecular formula is C13H18N2S. The van der Waals surface area contributed by atoms with Crippen molar-refractivity contribution in [2.24, 2.45) is 0 Å². The molecule has 2 nitrogen and oxygen atoms in total. The van der Waals surface area contributed by atoms with E-state index in [1.54, 1.807) is 11.3 Å². The second-order valence-corrected chi connectivity index (χ2v) is 5.91. The highest BCUT2D eigenvalue weighted by atomic mass is 32.1. The number of anilines is 1. The Morgan fingerprint density at radius 3 is 2.56 bits per heavy atom. The Balaban J connectivity index is 2.52. The van der Waals surface area contributed by atoms with E-state index in [2.05, 4.69) is 19.9 Å². The summed E-state index contributed by atoms with van der Waals surface area (Å²) >= 11 is 1.62. The van der Waals surface area contributed by atoms with Crippen LogP contribution in [0.1, 0.15) is 54.8 Å². The zero-order valence-corrected chi connectivity index (χ0v) is 10.8. The van der Waals surface area contributed by atoms with Crippen LogP contribution in [0.5, 0.6) is 0 Å². The van der Waals surface area contributed by atoms with E-state index in [1.807, 2.05) is 0 Å². The third-order valence-electron chi connectivity index (χ3n) is 3.76. The molecule has 0 amide bonds. The summed E-state index contributed by atoms with van der Waals surface area (Å²) in [5.41, 5.74) is 8.28. The molecular weight excluding hydrogens is 216 g/mol. The molecule has 86 valence electrons. The van der Waals surface area contributed by atoms with Crippen LogP contribution < -0.4 is 5.73 Å². The van der Waals surface area contributed by atoms with E-state index in [4.69, 9.17) is 11.0 Å². The van der Waals surface area contributed by atoms with Gasteiger partial charge in [-0.25, -0.2) is 0 Å². The summed E-state index contributed by atoms with van der Waals surface area (Å²) in [6, 6.07) is 2.22. The van der Waals surface area contributed by atoms with Crippen LogP contribution in [-0.2, 0) is 11.8 Å². The number of hydrogen-bond donors (Lipinski definition) is 1. The van der Waals surface area contributed by atoms with Crippen LogP contribution in [0.3, 0.4) is 0 Å². The summed E-state index contributed by atoms with van der Waals surface area (Å²) in [5.74, 6) is 0. The Kier molecular flexibility index (Phi) is 2.94. The highest BCUT2D eigenvalue weighted by Gasteiger charge is 2.35. The molecule has 0 bridgehead atoms. The van der Waals surface area contributed by atoms with Crippen molar-refractivity contribution >= 4 is 17.0 Å². The van der Waals surface area contributed by atoms with E-state index in [0.717, 1.165) is 12.1 Å². The van der Waals surface area contributed by atoms with Gasteiger partial charge < -0.3 is 5.73 Å². The standard InChI is InChI=1S/C13H18N2S/c1-3-9-11(15)10(8-14)16-12(9)13(2)6-4-5-7-13/h3-7,15H2,1-2H3. The molecule has 3 heteroatoms. The number of rotatable bonds is 2. The first kappa shape index (κ1) is 11.5. The van der Waals surface area contributed by atoms with Gasteiger partial charge in [0.1, 0.15) is 10.9 Å². The smallest absolute Gasteiger partial charge is 0.128 e. The third-order valence-corrected chi connectivity index (χ3v) is 5.22. The lowest BCUT2D eigenvalue weighted by atomic mass is 9.84. The molecule has 2 N–H and O–H groups in total. The van der Waals surface area contributed by atoms with Gasteiger partial charge in [-0.05, 0) is 24.8 Å². The predicted octanol–water partition coefficient (Wildman–Crippen LogP) is 3.60. The second kappa shape index (κ2) is 4.10. The Hall–Kier alpha value is -1.01. The van der Waals surface area contributed by atoms with E-state index in [0.29, 0.717) is 4.88 Å². The van der Waals surface area contributed by atoms with Gasteiger partial charge in [0.25, 0.3) is 0 Å². The summed E-state index contributed by atoms with van der Waals surface area (Å²) < 4.78 is 0. The van der Waals surface area contributed by atoms with Gasteiger partial charge in [0.05, 0.1) is 5.69 Å². The lowest BCUT2D eigenvalue weighted by molar-refractivity contribution is 0.498. The Morgan fingerprint density at radius 1 is 1.44 bits per heavy atom. The van der Waals surface area contributed by atoms with Crippen molar-refractivity contribution in [3.63, 3.8) is 0 Å². The number of nitrogens with zero attached hydrogens (tertiary/aromatic N) is 1. The largest absolute Gasteiger partial charge is 0.397 e. The zero-order chi connectivity index (χ0) is 11.8. The fourth-order valence-corrected chi connectivity index (χ4v) is 4.09. The maximum absolute atomic E-state index is 9.06. The molecule has 2 rings (SSSR count). The molecule has 0 radical (unpaired) electrons. The number of thiophene rings is 1. The molecule has 1 fully saturated rings. The first-order chi connectivity index (χ1) is 7.62. The van der Waals surface area contributed by atoms with Gasteiger partial charge in [-0.3, -0.25) is 0 Å². The fraction of sp³-hybridized carbons (Fsp3) is 0.615. The van der Waals surface area contributed by atoms with E-state index >= 15 is 0 Å². The Bertz CT molecular complexity index is 434. The topological polar surface area (TPSA) is 49.8 Å². The molecule has 1 aliphatic carbocycles. The van der Waals surface area contributed by atoms with Gasteiger partial charge in [-0.15, -0.1) is 11.3 Å². The van der Waals surface area contributed by atoms with Gasteiger partial charge >= 0.3 is 0 Å². The van der Waals surface area contributed by atoms with Crippen molar-refractivity contribution in [1.29, 1.82) is 5.26 Å². The van der Waals surface area contributed by atoms with Gasteiger partial charge in [0.15, 0.2) is 0 Å². The van der Waals surface area contributed by atoms with Crippen molar-refractivity contribution in [1.82, 2.24) is 0 Å². The van der Waals surface area contributed by atoms with Crippen LogP contribution in [0.4, 0.5) is 5.69 Å². The predicted molar refractivity (Wildman–Crippen MR) is 68.6 cm³/mol. The van der Waals surface area contributed by atoms with E-state index in [1.165, 1.54) is 36.1 Å². The number of nitriles is 1. The molecule has 1 aromatic heterocycles. The summed E-state index contributed by atoms with van der Waals surface area (Å²) in [6.45, 7) is 4.45. The molecule has 0 aromatic carbocycles. The maximum atomic E-state index is 9.06. The molecule has 1 saturated carbocycles. The quantitative estimate of drug-likeness (QED) is 0.850. The number of nitrogens with two attached hydrogens (primary N) is 1. The van der Waals surface area contributed by atoms with Gasteiger partial charge in [0.2, 0.25) is 0 Å². The molecule has 0 aliphatic heterocycles. The van der Waals surface area contributed by atoms with Crippen molar-refractivity contribution < 1.29 is 0 Å². The highest BCUT2D eigenvalue weighted by molar-refractivity contribution is 7.13. The van der Waals surface area contributed by atoms with Crippen LogP contribution in [0, 0.1) is 11.3 Å². The molecule has 1 heterocycles. The normalized spacial score (nSPS) is 18.6. The SMILES string of the molecule is CCc1c(C2(C)CCCC2)sc(C#N)c1N. The van der Waals surface area contributed by atoms with Gasteiger partial charge in [-0.1, -0.05) is 26.7 Å². The number of nitrogen functional groups attached to an aromatic ring is 1. The van der Waals surface area contributed by atoms with Gasteiger partial charge in [-0.2, -0.15) is 5.26 Å². The van der Waals surface area contributed by atoms with Crippen molar-refractivity contribution in [3.8, 4) is 6.07 Å². The third kappa shape index (κ3) is 1.62. The summed E-state index contributed by atoms with van der Waals surface area (Å²) in [5, 5.41) is 9.06. The molecule has 16 heavy (non-hydrogen) atoms. The van der Waals surface area contributed by atoms with E-state index in [9.17, 15) is 0 Å². The van der Waals surface area contributed by atoms with Gasteiger partial charge in [0, 0.05) is 10.3 Å². The first-order valence-corrected chi connectivity index (χ1v) is 6.75. The number of hydrogen-bond acceptors (Lipinski definition) is 3. The van der Waals surface area contributed by atoms with Crippen molar-refractivity contribution in [2.75, 3.05) is 5.73 Å². The van der Waals surface area contributed by atoms with E-state index < -0.39 is 0 Å². The minimum Gasteiger partial charge on any atom is -0.397 e. The van der Waals surface area contributed by atoms with Crippen LogP contribution >= 0.6 is 11.3 Å². The Morgan fingerprint density at radius 2 is 2.06 bits per heavy atom. The van der Waals surface area contributed by atoms with Crippen LogP contribution in [-0.4, -0.2) is 0 Å². The van der Waals surface area contributed by atoms with Crippen LogP contribution in [0.2, 0.25) is 0 Å². The van der Waals surface area contributed by atoms with E-state index in [-0.39, 0.29) is 5.41 Å². The Labute approximate surface area is 101 Å². The molecule has 1 aliphatic rings. The fourth-order valence-electron chi connectivity index (χ4n) is 2.78. The van der Waals surface area contributed by atoms with Crippen molar-refractivity contribution in [2.45, 2.75) is 51.4 Å². The van der Waals surface area contributed by atoms with Crippen LogP contribution in [0.25, 0.3) is 0 Å². The molecule has 0 unspecified atom stereocenters. The minimum absolute atomic E-state index is 0.277. The second-order valence-electron chi connectivity index (χ2n) is 4.89. The molecule has 0 spiro atoms. The minimum atomic E-state index is 0.277. The highest BCUT2D eigenvalue weighted by Crippen LogP contribution is 2.47. The zero-order valence-electron chi connectivity index (χ0n) is 9.97.